The van der Waals surface area contributed by atoms with Crippen molar-refractivity contribution in [2.24, 2.45) is 0 Å². The lowest BCUT2D eigenvalue weighted by Crippen LogP contribution is -2.45. The summed E-state index contributed by atoms with van der Waals surface area (Å²) < 4.78 is 0. The standard InChI is InChI=1S/C18H21N7O5/c1-11-16(12(2)20-18(19-11)23-6-4-22(3)5-7-23)21-17(26)13-8-14(24(27)28)10-15(9-13)25(29)30/h8-10H,4-7H2,1-3H3,(H,21,26). The van der Waals surface area contributed by atoms with E-state index in [0.717, 1.165) is 44.4 Å². The number of nitrogens with zero attached hydrogens (tertiary/aromatic N) is 6. The third-order valence-electron chi connectivity index (χ3n) is 4.87. The van der Waals surface area contributed by atoms with Crippen molar-refractivity contribution in [3.8, 4) is 0 Å². The van der Waals surface area contributed by atoms with E-state index in [1.54, 1.807) is 13.8 Å². The number of aryl methyl sites for hydroxylation is 2. The molecule has 30 heavy (non-hydrogen) atoms. The lowest BCUT2D eigenvalue weighted by molar-refractivity contribution is -0.394. The van der Waals surface area contributed by atoms with Crippen LogP contribution in [0.25, 0.3) is 0 Å². The zero-order chi connectivity index (χ0) is 22.0. The Bertz CT molecular complexity index is 963. The van der Waals surface area contributed by atoms with Gasteiger partial charge >= 0.3 is 0 Å². The van der Waals surface area contributed by atoms with Crippen LogP contribution in [0.4, 0.5) is 23.0 Å². The lowest BCUT2D eigenvalue weighted by Gasteiger charge is -2.32. The maximum Gasteiger partial charge on any atom is 0.277 e. The first-order valence-electron chi connectivity index (χ1n) is 9.19. The van der Waals surface area contributed by atoms with E-state index in [2.05, 4.69) is 25.1 Å². The van der Waals surface area contributed by atoms with Crippen LogP contribution in [0.1, 0.15) is 21.7 Å². The number of aromatic nitrogens is 2. The third-order valence-corrected chi connectivity index (χ3v) is 4.87. The van der Waals surface area contributed by atoms with Gasteiger partial charge in [0.15, 0.2) is 0 Å². The van der Waals surface area contributed by atoms with E-state index < -0.39 is 27.1 Å². The van der Waals surface area contributed by atoms with Gasteiger partial charge in [-0.15, -0.1) is 0 Å². The van der Waals surface area contributed by atoms with Crippen molar-refractivity contribution in [2.75, 3.05) is 43.4 Å². The molecule has 0 radical (unpaired) electrons. The van der Waals surface area contributed by atoms with Crippen LogP contribution in [0.5, 0.6) is 0 Å². The van der Waals surface area contributed by atoms with Crippen molar-refractivity contribution >= 4 is 28.9 Å². The van der Waals surface area contributed by atoms with Crippen LogP contribution in [0.15, 0.2) is 18.2 Å². The first-order valence-corrected chi connectivity index (χ1v) is 9.19. The molecule has 1 aromatic carbocycles. The summed E-state index contributed by atoms with van der Waals surface area (Å²) in [6.07, 6.45) is 0. The Morgan fingerprint density at radius 1 is 0.967 bits per heavy atom. The Hall–Kier alpha value is -3.67. The summed E-state index contributed by atoms with van der Waals surface area (Å²) in [4.78, 5) is 46.4. The fourth-order valence-corrected chi connectivity index (χ4v) is 3.15. The summed E-state index contributed by atoms with van der Waals surface area (Å²) in [5.74, 6) is -0.147. The molecule has 0 saturated carbocycles. The van der Waals surface area contributed by atoms with Gasteiger partial charge < -0.3 is 15.1 Å². The Balaban J connectivity index is 1.87. The smallest absolute Gasteiger partial charge is 0.277 e. The van der Waals surface area contributed by atoms with E-state index in [0.29, 0.717) is 23.0 Å². The number of likely N-dealkylation sites (N-methyl/N-ethyl adjacent to an activating group) is 1. The summed E-state index contributed by atoms with van der Waals surface area (Å²) in [6.45, 7) is 6.81. The van der Waals surface area contributed by atoms with Gasteiger partial charge in [-0.25, -0.2) is 9.97 Å². The Kier molecular flexibility index (Phi) is 5.87. The monoisotopic (exact) mass is 415 g/mol. The molecule has 2 aromatic rings. The number of anilines is 2. The number of amides is 1. The molecule has 0 spiro atoms. The van der Waals surface area contributed by atoms with E-state index >= 15 is 0 Å². The van der Waals surface area contributed by atoms with Crippen LogP contribution in [-0.2, 0) is 0 Å². The fraction of sp³-hybridized carbons (Fsp3) is 0.389. The van der Waals surface area contributed by atoms with Crippen LogP contribution >= 0.6 is 0 Å². The number of carbonyl (C=O) groups is 1. The number of non-ortho nitro benzene ring substituents is 2. The third kappa shape index (κ3) is 4.49. The van der Waals surface area contributed by atoms with Crippen LogP contribution in [0.3, 0.4) is 0 Å². The van der Waals surface area contributed by atoms with Crippen LogP contribution in [-0.4, -0.2) is 63.8 Å². The molecule has 2 heterocycles. The molecule has 3 rings (SSSR count). The van der Waals surface area contributed by atoms with Gasteiger partial charge in [0.25, 0.3) is 17.3 Å². The molecule has 0 atom stereocenters. The number of carbonyl (C=O) groups excluding carboxylic acids is 1. The molecule has 1 aliphatic heterocycles. The van der Waals surface area contributed by atoms with E-state index in [1.807, 2.05) is 7.05 Å². The number of benzene rings is 1. The predicted molar refractivity (Wildman–Crippen MR) is 109 cm³/mol. The van der Waals surface area contributed by atoms with Gasteiger partial charge in [-0.2, -0.15) is 0 Å². The molecular formula is C18H21N7O5. The highest BCUT2D eigenvalue weighted by Crippen LogP contribution is 2.25. The van der Waals surface area contributed by atoms with Gasteiger partial charge in [-0.05, 0) is 20.9 Å². The van der Waals surface area contributed by atoms with E-state index in [4.69, 9.17) is 0 Å². The fourth-order valence-electron chi connectivity index (χ4n) is 3.15. The Morgan fingerprint density at radius 3 is 1.93 bits per heavy atom. The number of nitro groups is 2. The first kappa shape index (κ1) is 21.0. The number of nitro benzene ring substituents is 2. The Labute approximate surface area is 171 Å². The number of piperazine rings is 1. The molecule has 1 amide bonds. The highest BCUT2D eigenvalue weighted by Gasteiger charge is 2.22. The molecule has 1 saturated heterocycles. The summed E-state index contributed by atoms with van der Waals surface area (Å²) in [7, 11) is 2.05. The maximum atomic E-state index is 12.7. The summed E-state index contributed by atoms with van der Waals surface area (Å²) in [6, 6.07) is 2.79. The molecule has 0 aliphatic carbocycles. The van der Waals surface area contributed by atoms with Gasteiger partial charge in [0.2, 0.25) is 5.95 Å². The number of hydrogen-bond donors (Lipinski definition) is 1. The minimum atomic E-state index is -0.783. The second kappa shape index (κ2) is 8.37. The highest BCUT2D eigenvalue weighted by molar-refractivity contribution is 6.05. The second-order valence-corrected chi connectivity index (χ2v) is 7.07. The average Bonchev–Trinajstić information content (AvgIpc) is 2.70. The van der Waals surface area contributed by atoms with E-state index in [1.165, 1.54) is 0 Å². The van der Waals surface area contributed by atoms with Crippen molar-refractivity contribution in [1.29, 1.82) is 0 Å². The number of hydrogen-bond acceptors (Lipinski definition) is 9. The molecule has 158 valence electrons. The average molecular weight is 415 g/mol. The minimum Gasteiger partial charge on any atom is -0.338 e. The molecule has 0 bridgehead atoms. The van der Waals surface area contributed by atoms with Crippen molar-refractivity contribution in [1.82, 2.24) is 14.9 Å². The molecule has 1 fully saturated rings. The summed E-state index contributed by atoms with van der Waals surface area (Å²) in [5, 5.41) is 24.7. The largest absolute Gasteiger partial charge is 0.338 e. The molecule has 1 aromatic heterocycles. The van der Waals surface area contributed by atoms with Crippen molar-refractivity contribution in [2.45, 2.75) is 13.8 Å². The summed E-state index contributed by atoms with van der Waals surface area (Å²) in [5.41, 5.74) is 0.160. The van der Waals surface area contributed by atoms with E-state index in [-0.39, 0.29) is 5.56 Å². The van der Waals surface area contributed by atoms with Crippen LogP contribution < -0.4 is 10.2 Å². The zero-order valence-electron chi connectivity index (χ0n) is 16.8. The van der Waals surface area contributed by atoms with Crippen molar-refractivity contribution in [3.05, 3.63) is 55.4 Å². The van der Waals surface area contributed by atoms with Crippen molar-refractivity contribution in [3.63, 3.8) is 0 Å². The normalized spacial score (nSPS) is 14.4. The molecular weight excluding hydrogens is 394 g/mol. The van der Waals surface area contributed by atoms with Crippen LogP contribution in [0, 0.1) is 34.1 Å². The maximum absolute atomic E-state index is 12.7. The zero-order valence-corrected chi connectivity index (χ0v) is 16.8. The second-order valence-electron chi connectivity index (χ2n) is 7.07. The molecule has 12 heteroatoms. The topological polar surface area (TPSA) is 148 Å². The van der Waals surface area contributed by atoms with Gasteiger partial charge in [0.1, 0.15) is 0 Å². The number of rotatable bonds is 5. The van der Waals surface area contributed by atoms with E-state index in [9.17, 15) is 25.0 Å². The highest BCUT2D eigenvalue weighted by atomic mass is 16.6. The lowest BCUT2D eigenvalue weighted by atomic mass is 10.1. The van der Waals surface area contributed by atoms with Gasteiger partial charge in [0, 0.05) is 38.3 Å². The first-order chi connectivity index (χ1) is 14.2. The minimum absolute atomic E-state index is 0.196. The predicted octanol–water partition coefficient (Wildman–Crippen LogP) is 1.91. The van der Waals surface area contributed by atoms with Gasteiger partial charge in [-0.3, -0.25) is 25.0 Å². The van der Waals surface area contributed by atoms with Crippen LogP contribution in [0.2, 0.25) is 0 Å². The quantitative estimate of drug-likeness (QED) is 0.571. The molecule has 0 unspecified atom stereocenters. The van der Waals surface area contributed by atoms with Gasteiger partial charge in [-0.1, -0.05) is 0 Å². The van der Waals surface area contributed by atoms with Gasteiger partial charge in [0.05, 0.1) is 38.6 Å². The SMILES string of the molecule is Cc1nc(N2CCN(C)CC2)nc(C)c1NC(=O)c1cc([N+](=O)[O-])cc([N+](=O)[O-])c1. The van der Waals surface area contributed by atoms with Crippen molar-refractivity contribution < 1.29 is 14.6 Å². The number of nitrogens with one attached hydrogen (secondary N) is 1. The molecule has 12 nitrogen and oxygen atoms in total. The molecule has 1 aliphatic rings. The summed E-state index contributed by atoms with van der Waals surface area (Å²) >= 11 is 0. The Morgan fingerprint density at radius 2 is 1.47 bits per heavy atom. The molecule has 1 N–H and O–H groups in total.